The summed E-state index contributed by atoms with van der Waals surface area (Å²) in [5.74, 6) is 0.993. The third kappa shape index (κ3) is 2.50. The summed E-state index contributed by atoms with van der Waals surface area (Å²) in [5, 5.41) is 1.37. The lowest BCUT2D eigenvalue weighted by molar-refractivity contribution is 0.263. The zero-order valence-electron chi connectivity index (χ0n) is 14.3. The normalized spacial score (nSPS) is 17.9. The van der Waals surface area contributed by atoms with Crippen molar-refractivity contribution in [2.24, 2.45) is 0 Å². The van der Waals surface area contributed by atoms with Crippen molar-refractivity contribution < 1.29 is 4.74 Å². The van der Waals surface area contributed by atoms with E-state index < -0.39 is 0 Å². The first-order valence-corrected chi connectivity index (χ1v) is 9.11. The van der Waals surface area contributed by atoms with Crippen LogP contribution in [-0.2, 0) is 6.42 Å². The Labute approximate surface area is 147 Å². The number of aromatic nitrogens is 1. The number of likely N-dealkylation sites (N-methyl/N-ethyl adjacent to an activating group) is 1. The molecule has 0 aliphatic carbocycles. The molecule has 0 fully saturated rings. The molecule has 1 aliphatic rings. The molecular weight excluding hydrogens is 316 g/mol. The van der Waals surface area contributed by atoms with E-state index in [1.54, 1.807) is 19.1 Å². The minimum Gasteiger partial charge on any atom is -0.496 e. The first-order chi connectivity index (χ1) is 11.7. The minimum atomic E-state index is 0.350. The molecule has 3 nitrogen and oxygen atoms in total. The Kier molecular flexibility index (Phi) is 4.02. The molecule has 0 spiro atoms. The number of rotatable bonds is 3. The lowest BCUT2D eigenvalue weighted by Gasteiger charge is -2.24. The van der Waals surface area contributed by atoms with Gasteiger partial charge >= 0.3 is 0 Å². The van der Waals surface area contributed by atoms with Crippen molar-refractivity contribution in [1.29, 1.82) is 0 Å². The van der Waals surface area contributed by atoms with Gasteiger partial charge < -0.3 is 4.74 Å². The van der Waals surface area contributed by atoms with Gasteiger partial charge in [0.05, 0.1) is 12.6 Å². The molecule has 1 aliphatic heterocycles. The molecule has 4 rings (SSSR count). The van der Waals surface area contributed by atoms with E-state index in [-0.39, 0.29) is 0 Å². The standard InChI is InChI=1S/C20H22N2OS/c1-14-19-18(23-3)10-9-17-20(19)15(11-12-21(14)2)13-22(17)24-16-7-5-4-6-8-16/h4-10,13-14H,11-12H2,1-3H3. The van der Waals surface area contributed by atoms with E-state index in [4.69, 9.17) is 4.74 Å². The maximum atomic E-state index is 5.69. The van der Waals surface area contributed by atoms with Crippen LogP contribution in [0.25, 0.3) is 10.9 Å². The van der Waals surface area contributed by atoms with E-state index in [1.807, 2.05) is 0 Å². The number of hydrogen-bond acceptors (Lipinski definition) is 3. The quantitative estimate of drug-likeness (QED) is 0.686. The van der Waals surface area contributed by atoms with Gasteiger partial charge in [0.25, 0.3) is 0 Å². The lowest BCUT2D eigenvalue weighted by atomic mass is 10.00. The number of hydrogen-bond donors (Lipinski definition) is 0. The van der Waals surface area contributed by atoms with E-state index in [2.05, 4.69) is 71.5 Å². The van der Waals surface area contributed by atoms with Crippen LogP contribution in [0, 0.1) is 0 Å². The average Bonchev–Trinajstić information content (AvgIpc) is 2.90. The molecule has 4 heteroatoms. The van der Waals surface area contributed by atoms with E-state index in [0.717, 1.165) is 18.7 Å². The largest absolute Gasteiger partial charge is 0.496 e. The van der Waals surface area contributed by atoms with Crippen molar-refractivity contribution in [2.45, 2.75) is 24.3 Å². The molecule has 2 aromatic carbocycles. The summed E-state index contributed by atoms with van der Waals surface area (Å²) >= 11 is 1.77. The summed E-state index contributed by atoms with van der Waals surface area (Å²) in [7, 11) is 3.96. The summed E-state index contributed by atoms with van der Waals surface area (Å²) in [6.45, 7) is 3.34. The molecule has 1 unspecified atom stereocenters. The Balaban J connectivity index is 1.91. The van der Waals surface area contributed by atoms with Gasteiger partial charge in [-0.15, -0.1) is 0 Å². The molecular formula is C20H22N2OS. The van der Waals surface area contributed by atoms with Crippen LogP contribution in [0.2, 0.25) is 0 Å². The average molecular weight is 338 g/mol. The Morgan fingerprint density at radius 2 is 1.92 bits per heavy atom. The highest BCUT2D eigenvalue weighted by Crippen LogP contribution is 2.41. The Bertz CT molecular complexity index is 872. The van der Waals surface area contributed by atoms with Crippen LogP contribution in [0.1, 0.15) is 24.1 Å². The predicted molar refractivity (Wildman–Crippen MR) is 101 cm³/mol. The number of methoxy groups -OCH3 is 1. The topological polar surface area (TPSA) is 17.4 Å². The van der Waals surface area contributed by atoms with Crippen molar-refractivity contribution in [1.82, 2.24) is 8.87 Å². The highest BCUT2D eigenvalue weighted by atomic mass is 32.2. The van der Waals surface area contributed by atoms with Gasteiger partial charge in [-0.05, 0) is 62.2 Å². The van der Waals surface area contributed by atoms with Crippen LogP contribution >= 0.6 is 11.9 Å². The van der Waals surface area contributed by atoms with Crippen molar-refractivity contribution >= 4 is 22.9 Å². The van der Waals surface area contributed by atoms with Gasteiger partial charge in [0.2, 0.25) is 0 Å². The fourth-order valence-electron chi connectivity index (χ4n) is 3.55. The lowest BCUT2D eigenvalue weighted by Crippen LogP contribution is -2.23. The van der Waals surface area contributed by atoms with Crippen LogP contribution in [0.4, 0.5) is 0 Å². The number of nitrogens with zero attached hydrogens (tertiary/aromatic N) is 2. The van der Waals surface area contributed by atoms with Gasteiger partial charge in [-0.2, -0.15) is 0 Å². The predicted octanol–water partition coefficient (Wildman–Crippen LogP) is 4.75. The monoisotopic (exact) mass is 338 g/mol. The van der Waals surface area contributed by atoms with E-state index in [9.17, 15) is 0 Å². The smallest absolute Gasteiger partial charge is 0.124 e. The molecule has 2 heterocycles. The van der Waals surface area contributed by atoms with Gasteiger partial charge in [0.15, 0.2) is 0 Å². The molecule has 24 heavy (non-hydrogen) atoms. The van der Waals surface area contributed by atoms with E-state index in [1.165, 1.54) is 26.9 Å². The first-order valence-electron chi connectivity index (χ1n) is 8.33. The Morgan fingerprint density at radius 3 is 2.67 bits per heavy atom. The maximum Gasteiger partial charge on any atom is 0.124 e. The molecule has 0 saturated carbocycles. The Morgan fingerprint density at radius 1 is 1.12 bits per heavy atom. The molecule has 1 aromatic heterocycles. The molecule has 0 N–H and O–H groups in total. The molecule has 0 bridgehead atoms. The van der Waals surface area contributed by atoms with Gasteiger partial charge in [-0.3, -0.25) is 8.87 Å². The van der Waals surface area contributed by atoms with Crippen molar-refractivity contribution in [3.63, 3.8) is 0 Å². The van der Waals surface area contributed by atoms with Crippen molar-refractivity contribution in [3.8, 4) is 5.75 Å². The zero-order chi connectivity index (χ0) is 16.7. The van der Waals surface area contributed by atoms with Crippen LogP contribution in [0.3, 0.4) is 0 Å². The number of ether oxygens (including phenoxy) is 1. The van der Waals surface area contributed by atoms with Gasteiger partial charge in [-0.1, -0.05) is 18.2 Å². The van der Waals surface area contributed by atoms with Crippen LogP contribution in [0.15, 0.2) is 53.6 Å². The summed E-state index contributed by atoms with van der Waals surface area (Å²) in [6.07, 6.45) is 3.37. The third-order valence-electron chi connectivity index (χ3n) is 4.99. The SMILES string of the molecule is COc1ccc2c3c(cn2Sc2ccccc2)CCN(C)C(C)c13. The summed E-state index contributed by atoms with van der Waals surface area (Å²) in [5.41, 5.74) is 4.01. The van der Waals surface area contributed by atoms with Crippen LogP contribution < -0.4 is 4.74 Å². The molecule has 0 amide bonds. The first kappa shape index (κ1) is 15.6. The zero-order valence-corrected chi connectivity index (χ0v) is 15.1. The molecule has 0 saturated heterocycles. The second kappa shape index (κ2) is 6.19. The van der Waals surface area contributed by atoms with Crippen molar-refractivity contribution in [3.05, 3.63) is 59.8 Å². The second-order valence-electron chi connectivity index (χ2n) is 6.37. The highest BCUT2D eigenvalue weighted by molar-refractivity contribution is 7.98. The molecule has 3 aromatic rings. The highest BCUT2D eigenvalue weighted by Gasteiger charge is 2.26. The van der Waals surface area contributed by atoms with Gasteiger partial charge in [0, 0.05) is 34.6 Å². The summed E-state index contributed by atoms with van der Waals surface area (Å²) in [4.78, 5) is 3.66. The Hall–Kier alpha value is -1.91. The molecule has 124 valence electrons. The van der Waals surface area contributed by atoms with Crippen molar-refractivity contribution in [2.75, 3.05) is 20.7 Å². The van der Waals surface area contributed by atoms with E-state index >= 15 is 0 Å². The maximum absolute atomic E-state index is 5.69. The summed E-state index contributed by atoms with van der Waals surface area (Å²) in [6, 6.07) is 15.2. The number of benzene rings is 2. The van der Waals surface area contributed by atoms with Gasteiger partial charge in [-0.25, -0.2) is 0 Å². The van der Waals surface area contributed by atoms with Gasteiger partial charge in [0.1, 0.15) is 5.75 Å². The fourth-order valence-corrected chi connectivity index (χ4v) is 4.49. The molecule has 0 radical (unpaired) electrons. The third-order valence-corrected chi connectivity index (χ3v) is 5.98. The fraction of sp³-hybridized carbons (Fsp3) is 0.300. The minimum absolute atomic E-state index is 0.350. The summed E-state index contributed by atoms with van der Waals surface area (Å²) < 4.78 is 8.00. The van der Waals surface area contributed by atoms with E-state index in [0.29, 0.717) is 6.04 Å². The molecule has 1 atom stereocenters. The second-order valence-corrected chi connectivity index (χ2v) is 7.41. The van der Waals surface area contributed by atoms with Crippen LogP contribution in [0.5, 0.6) is 5.75 Å². The van der Waals surface area contributed by atoms with Crippen LogP contribution in [-0.4, -0.2) is 29.6 Å².